The fourth-order valence-corrected chi connectivity index (χ4v) is 1.55. The van der Waals surface area contributed by atoms with Crippen LogP contribution in [0.15, 0.2) is 4.52 Å². The van der Waals surface area contributed by atoms with Gasteiger partial charge in [-0.1, -0.05) is 18.5 Å². The van der Waals surface area contributed by atoms with Crippen LogP contribution in [0.2, 0.25) is 0 Å². The molecule has 0 fully saturated rings. The van der Waals surface area contributed by atoms with Gasteiger partial charge in [-0.2, -0.15) is 4.98 Å². The minimum Gasteiger partial charge on any atom is -0.379 e. The molecule has 0 aliphatic carbocycles. The van der Waals surface area contributed by atoms with E-state index >= 15 is 0 Å². The van der Waals surface area contributed by atoms with E-state index in [4.69, 9.17) is 18.7 Å². The molecule has 0 unspecified atom stereocenters. The van der Waals surface area contributed by atoms with Gasteiger partial charge in [0.25, 0.3) is 0 Å². The van der Waals surface area contributed by atoms with Crippen molar-refractivity contribution >= 4 is 0 Å². The lowest BCUT2D eigenvalue weighted by atomic mass is 10.4. The summed E-state index contributed by atoms with van der Waals surface area (Å²) in [4.78, 5) is 4.09. The summed E-state index contributed by atoms with van der Waals surface area (Å²) >= 11 is 0. The fourth-order valence-electron chi connectivity index (χ4n) is 1.55. The van der Waals surface area contributed by atoms with Gasteiger partial charge in [0.05, 0.1) is 39.6 Å². The summed E-state index contributed by atoms with van der Waals surface area (Å²) in [5.74, 6) is 1.25. The number of unbranched alkanes of at least 4 members (excludes halogenated alkanes) is 1. The standard InChI is InChI=1S/C14H27N3O4/c1-3-4-6-18-8-10-20-11-9-19-7-5-15-12-14-16-13(2)21-17-14/h15H,3-12H2,1-2H3. The molecule has 0 aliphatic rings. The molecule has 1 aromatic heterocycles. The van der Waals surface area contributed by atoms with E-state index < -0.39 is 0 Å². The maximum atomic E-state index is 5.43. The lowest BCUT2D eigenvalue weighted by Crippen LogP contribution is -2.21. The smallest absolute Gasteiger partial charge is 0.223 e. The van der Waals surface area contributed by atoms with Gasteiger partial charge >= 0.3 is 0 Å². The van der Waals surface area contributed by atoms with Crippen molar-refractivity contribution in [2.24, 2.45) is 0 Å². The predicted octanol–water partition coefficient (Wildman–Crippen LogP) is 1.32. The second-order valence-electron chi connectivity index (χ2n) is 4.60. The van der Waals surface area contributed by atoms with Crippen molar-refractivity contribution in [3.8, 4) is 0 Å². The molecule has 1 aromatic rings. The summed E-state index contributed by atoms with van der Waals surface area (Å²) < 4.78 is 21.1. The first kappa shape index (κ1) is 18.0. The molecule has 1 rings (SSSR count). The Morgan fingerprint density at radius 1 is 1.00 bits per heavy atom. The van der Waals surface area contributed by atoms with Crippen LogP contribution in [0.4, 0.5) is 0 Å². The molecule has 0 saturated heterocycles. The average molecular weight is 301 g/mol. The van der Waals surface area contributed by atoms with Gasteiger partial charge in [0.1, 0.15) is 0 Å². The molecule has 7 heteroatoms. The van der Waals surface area contributed by atoms with Gasteiger partial charge in [0, 0.05) is 20.1 Å². The van der Waals surface area contributed by atoms with Crippen LogP contribution in [0.3, 0.4) is 0 Å². The number of ether oxygens (including phenoxy) is 3. The van der Waals surface area contributed by atoms with Crippen molar-refractivity contribution in [1.82, 2.24) is 15.5 Å². The SMILES string of the molecule is CCCCOCCOCCOCCNCc1noc(C)n1. The molecule has 0 aromatic carbocycles. The number of nitrogens with zero attached hydrogens (tertiary/aromatic N) is 2. The normalized spacial score (nSPS) is 11.1. The second kappa shape index (κ2) is 12.7. The first-order chi connectivity index (χ1) is 10.3. The topological polar surface area (TPSA) is 78.6 Å². The first-order valence-electron chi connectivity index (χ1n) is 7.56. The van der Waals surface area contributed by atoms with Crippen LogP contribution in [0.1, 0.15) is 31.5 Å². The lowest BCUT2D eigenvalue weighted by molar-refractivity contribution is 0.0146. The molecule has 0 atom stereocenters. The molecule has 21 heavy (non-hydrogen) atoms. The molecular weight excluding hydrogens is 274 g/mol. The molecule has 1 N–H and O–H groups in total. The van der Waals surface area contributed by atoms with Crippen LogP contribution in [0.5, 0.6) is 0 Å². The lowest BCUT2D eigenvalue weighted by Gasteiger charge is -2.06. The summed E-state index contributed by atoms with van der Waals surface area (Å²) in [5, 5.41) is 6.96. The molecule has 122 valence electrons. The van der Waals surface area contributed by atoms with E-state index in [0.717, 1.165) is 26.0 Å². The Balaban J connectivity index is 1.74. The van der Waals surface area contributed by atoms with E-state index in [1.54, 1.807) is 6.92 Å². The Labute approximate surface area is 126 Å². The van der Waals surface area contributed by atoms with Crippen LogP contribution in [0.25, 0.3) is 0 Å². The van der Waals surface area contributed by atoms with Crippen molar-refractivity contribution < 1.29 is 18.7 Å². The fraction of sp³-hybridized carbons (Fsp3) is 0.857. The zero-order valence-electron chi connectivity index (χ0n) is 13.1. The third kappa shape index (κ3) is 10.4. The third-order valence-corrected chi connectivity index (χ3v) is 2.66. The average Bonchev–Trinajstić information content (AvgIpc) is 2.89. The summed E-state index contributed by atoms with van der Waals surface area (Å²) in [6.45, 7) is 9.19. The molecule has 0 amide bonds. The quantitative estimate of drug-likeness (QED) is 0.519. The van der Waals surface area contributed by atoms with E-state index in [1.807, 2.05) is 0 Å². The summed E-state index contributed by atoms with van der Waals surface area (Å²) in [6, 6.07) is 0. The van der Waals surface area contributed by atoms with Gasteiger partial charge in [0.15, 0.2) is 5.82 Å². The van der Waals surface area contributed by atoms with Gasteiger partial charge in [0.2, 0.25) is 5.89 Å². The van der Waals surface area contributed by atoms with E-state index in [0.29, 0.717) is 51.3 Å². The zero-order valence-corrected chi connectivity index (χ0v) is 13.1. The van der Waals surface area contributed by atoms with E-state index in [-0.39, 0.29) is 0 Å². The number of aromatic nitrogens is 2. The number of aryl methyl sites for hydroxylation is 1. The van der Waals surface area contributed by atoms with Crippen molar-refractivity contribution in [2.45, 2.75) is 33.2 Å². The molecule has 1 heterocycles. The first-order valence-corrected chi connectivity index (χ1v) is 7.56. The second-order valence-corrected chi connectivity index (χ2v) is 4.60. The molecule has 7 nitrogen and oxygen atoms in total. The number of nitrogens with one attached hydrogen (secondary N) is 1. The Bertz CT molecular complexity index is 347. The van der Waals surface area contributed by atoms with E-state index in [1.165, 1.54) is 0 Å². The van der Waals surface area contributed by atoms with Crippen molar-refractivity contribution in [3.05, 3.63) is 11.7 Å². The van der Waals surface area contributed by atoms with Crippen LogP contribution >= 0.6 is 0 Å². The summed E-state index contributed by atoms with van der Waals surface area (Å²) in [5.41, 5.74) is 0. The van der Waals surface area contributed by atoms with E-state index in [2.05, 4.69) is 22.4 Å². The molecular formula is C14H27N3O4. The van der Waals surface area contributed by atoms with Crippen LogP contribution in [0, 0.1) is 6.92 Å². The van der Waals surface area contributed by atoms with Gasteiger partial charge in [-0.05, 0) is 6.42 Å². The monoisotopic (exact) mass is 301 g/mol. The molecule has 0 aliphatic heterocycles. The minimum absolute atomic E-state index is 0.582. The molecule has 0 spiro atoms. The Kier molecular flexibility index (Phi) is 10.9. The number of hydrogen-bond donors (Lipinski definition) is 1. The van der Waals surface area contributed by atoms with Crippen LogP contribution < -0.4 is 5.32 Å². The highest BCUT2D eigenvalue weighted by atomic mass is 16.5. The predicted molar refractivity (Wildman–Crippen MR) is 78.1 cm³/mol. The van der Waals surface area contributed by atoms with Crippen molar-refractivity contribution in [1.29, 1.82) is 0 Å². The van der Waals surface area contributed by atoms with Crippen molar-refractivity contribution in [2.75, 3.05) is 46.2 Å². The number of rotatable bonds is 14. The zero-order chi connectivity index (χ0) is 15.2. The van der Waals surface area contributed by atoms with Gasteiger partial charge in [-0.3, -0.25) is 0 Å². The highest BCUT2D eigenvalue weighted by Gasteiger charge is 2.00. The highest BCUT2D eigenvalue weighted by Crippen LogP contribution is 1.93. The Morgan fingerprint density at radius 2 is 1.67 bits per heavy atom. The number of hydrogen-bond acceptors (Lipinski definition) is 7. The highest BCUT2D eigenvalue weighted by molar-refractivity contribution is 4.82. The minimum atomic E-state index is 0.582. The maximum absolute atomic E-state index is 5.43. The molecule has 0 bridgehead atoms. The van der Waals surface area contributed by atoms with Crippen LogP contribution in [-0.2, 0) is 20.8 Å². The Hall–Kier alpha value is -1.02. The molecule has 0 saturated carbocycles. The Morgan fingerprint density at radius 3 is 2.29 bits per heavy atom. The van der Waals surface area contributed by atoms with Gasteiger partial charge in [-0.15, -0.1) is 0 Å². The van der Waals surface area contributed by atoms with E-state index in [9.17, 15) is 0 Å². The van der Waals surface area contributed by atoms with Crippen molar-refractivity contribution in [3.63, 3.8) is 0 Å². The maximum Gasteiger partial charge on any atom is 0.223 e. The molecule has 0 radical (unpaired) electrons. The van der Waals surface area contributed by atoms with Gasteiger partial charge < -0.3 is 24.1 Å². The third-order valence-electron chi connectivity index (χ3n) is 2.66. The van der Waals surface area contributed by atoms with Crippen LogP contribution in [-0.4, -0.2) is 56.3 Å². The summed E-state index contributed by atoms with van der Waals surface area (Å²) in [6.07, 6.45) is 2.27. The largest absolute Gasteiger partial charge is 0.379 e. The van der Waals surface area contributed by atoms with Gasteiger partial charge in [-0.25, -0.2) is 0 Å². The summed E-state index contributed by atoms with van der Waals surface area (Å²) in [7, 11) is 0.